The van der Waals surface area contributed by atoms with Gasteiger partial charge >= 0.3 is 0 Å². The van der Waals surface area contributed by atoms with E-state index in [9.17, 15) is 8.42 Å². The van der Waals surface area contributed by atoms with Crippen molar-refractivity contribution in [2.75, 3.05) is 25.0 Å². The predicted octanol–water partition coefficient (Wildman–Crippen LogP) is 2.61. The molecule has 0 amide bonds. The number of hydrogen-bond acceptors (Lipinski definition) is 3. The lowest BCUT2D eigenvalue weighted by molar-refractivity contribution is 0.423. The zero-order chi connectivity index (χ0) is 14.0. The van der Waals surface area contributed by atoms with Crippen LogP contribution in [0.1, 0.15) is 37.7 Å². The Bertz CT molecular complexity index is 576. The molecule has 0 bridgehead atoms. The highest BCUT2D eigenvalue weighted by molar-refractivity contribution is 7.89. The molecule has 110 valence electrons. The van der Waals surface area contributed by atoms with Crippen molar-refractivity contribution in [3.8, 4) is 0 Å². The van der Waals surface area contributed by atoms with Crippen LogP contribution in [0.15, 0.2) is 23.1 Å². The summed E-state index contributed by atoms with van der Waals surface area (Å²) in [6, 6.07) is 5.53. The lowest BCUT2D eigenvalue weighted by Crippen LogP contribution is -2.32. The topological polar surface area (TPSA) is 49.4 Å². The first-order valence-electron chi connectivity index (χ1n) is 7.55. The highest BCUT2D eigenvalue weighted by Gasteiger charge is 2.26. The van der Waals surface area contributed by atoms with Crippen molar-refractivity contribution >= 4 is 15.7 Å². The lowest BCUT2D eigenvalue weighted by atomic mass is 10.0. The summed E-state index contributed by atoms with van der Waals surface area (Å²) < 4.78 is 27.1. The Morgan fingerprint density at radius 3 is 2.50 bits per heavy atom. The van der Waals surface area contributed by atoms with Crippen LogP contribution >= 0.6 is 0 Å². The lowest BCUT2D eigenvalue weighted by Gasteiger charge is -2.22. The highest BCUT2D eigenvalue weighted by Crippen LogP contribution is 2.27. The van der Waals surface area contributed by atoms with Crippen LogP contribution in [0.4, 0.5) is 5.69 Å². The monoisotopic (exact) mass is 294 g/mol. The van der Waals surface area contributed by atoms with Gasteiger partial charge in [-0.25, -0.2) is 8.42 Å². The van der Waals surface area contributed by atoms with E-state index in [1.54, 1.807) is 10.4 Å². The summed E-state index contributed by atoms with van der Waals surface area (Å²) in [4.78, 5) is 0.460. The fraction of sp³-hybridized carbons (Fsp3) is 0.600. The molecule has 0 unspecified atom stereocenters. The molecule has 0 aliphatic carbocycles. The predicted molar refractivity (Wildman–Crippen MR) is 80.5 cm³/mol. The fourth-order valence-electron chi connectivity index (χ4n) is 3.04. The molecule has 0 atom stereocenters. The first kappa shape index (κ1) is 13.9. The number of hydrogen-bond donors (Lipinski definition) is 1. The Hall–Kier alpha value is -1.07. The zero-order valence-corrected chi connectivity index (χ0v) is 12.6. The summed E-state index contributed by atoms with van der Waals surface area (Å²) in [5.74, 6) is 0. The second-order valence-corrected chi connectivity index (χ2v) is 7.61. The standard InChI is InChI=1S/C15H22N2O2S/c18-20(19,17-10-3-1-2-4-11-17)14-7-8-15-13(12-14)6-5-9-16-15/h7-8,12,16H,1-6,9-11H2. The van der Waals surface area contributed by atoms with E-state index >= 15 is 0 Å². The molecule has 2 aliphatic heterocycles. The third-order valence-electron chi connectivity index (χ3n) is 4.22. The largest absolute Gasteiger partial charge is 0.385 e. The van der Waals surface area contributed by atoms with Gasteiger partial charge in [-0.05, 0) is 49.4 Å². The molecule has 0 spiro atoms. The molecule has 2 heterocycles. The van der Waals surface area contributed by atoms with Crippen LogP contribution in [0.25, 0.3) is 0 Å². The number of rotatable bonds is 2. The molecule has 1 N–H and O–H groups in total. The minimum atomic E-state index is -3.31. The van der Waals surface area contributed by atoms with Crippen LogP contribution in [0.2, 0.25) is 0 Å². The maximum atomic E-state index is 12.7. The maximum Gasteiger partial charge on any atom is 0.243 e. The molecule has 1 aromatic rings. The van der Waals surface area contributed by atoms with Crippen LogP contribution in [0.5, 0.6) is 0 Å². The molecular weight excluding hydrogens is 272 g/mol. The van der Waals surface area contributed by atoms with Crippen LogP contribution < -0.4 is 5.32 Å². The number of sulfonamides is 1. The van der Waals surface area contributed by atoms with E-state index in [2.05, 4.69) is 5.32 Å². The van der Waals surface area contributed by atoms with Gasteiger partial charge in [-0.2, -0.15) is 4.31 Å². The molecule has 0 radical (unpaired) electrons. The van der Waals surface area contributed by atoms with Crippen LogP contribution in [-0.4, -0.2) is 32.4 Å². The minimum Gasteiger partial charge on any atom is -0.385 e. The number of benzene rings is 1. The van der Waals surface area contributed by atoms with Gasteiger partial charge in [0.2, 0.25) is 10.0 Å². The zero-order valence-electron chi connectivity index (χ0n) is 11.8. The Balaban J connectivity index is 1.90. The third-order valence-corrected chi connectivity index (χ3v) is 6.11. The first-order chi connectivity index (χ1) is 9.68. The van der Waals surface area contributed by atoms with Gasteiger partial charge in [0, 0.05) is 25.3 Å². The van der Waals surface area contributed by atoms with Crippen LogP contribution in [0, 0.1) is 0 Å². The smallest absolute Gasteiger partial charge is 0.243 e. The fourth-order valence-corrected chi connectivity index (χ4v) is 4.61. The van der Waals surface area contributed by atoms with E-state index in [0.717, 1.165) is 56.3 Å². The van der Waals surface area contributed by atoms with Crippen molar-refractivity contribution in [1.29, 1.82) is 0 Å². The summed E-state index contributed by atoms with van der Waals surface area (Å²) in [5.41, 5.74) is 2.22. The molecule has 1 fully saturated rings. The van der Waals surface area contributed by atoms with Crippen molar-refractivity contribution in [2.24, 2.45) is 0 Å². The average molecular weight is 294 g/mol. The van der Waals surface area contributed by atoms with Crippen molar-refractivity contribution < 1.29 is 8.42 Å². The van der Waals surface area contributed by atoms with E-state index in [1.165, 1.54) is 0 Å². The van der Waals surface area contributed by atoms with Gasteiger partial charge in [-0.3, -0.25) is 0 Å². The molecular formula is C15H22N2O2S. The summed E-state index contributed by atoms with van der Waals surface area (Å²) in [6.45, 7) is 2.31. The van der Waals surface area contributed by atoms with Crippen molar-refractivity contribution in [3.05, 3.63) is 23.8 Å². The maximum absolute atomic E-state index is 12.7. The SMILES string of the molecule is O=S(=O)(c1ccc2c(c1)CCCN2)N1CCCCCC1. The molecule has 3 rings (SSSR count). The van der Waals surface area contributed by atoms with Gasteiger partial charge in [-0.15, -0.1) is 0 Å². The second-order valence-electron chi connectivity index (χ2n) is 5.67. The van der Waals surface area contributed by atoms with Crippen LogP contribution in [-0.2, 0) is 16.4 Å². The Labute approximate surface area is 121 Å². The van der Waals surface area contributed by atoms with Gasteiger partial charge in [-0.1, -0.05) is 12.8 Å². The number of anilines is 1. The summed E-state index contributed by atoms with van der Waals surface area (Å²) in [5, 5.41) is 3.32. The normalized spacial score (nSPS) is 20.8. The second kappa shape index (κ2) is 5.74. The van der Waals surface area contributed by atoms with Crippen molar-refractivity contribution in [1.82, 2.24) is 4.31 Å². The van der Waals surface area contributed by atoms with Gasteiger partial charge in [0.25, 0.3) is 0 Å². The van der Waals surface area contributed by atoms with Gasteiger partial charge in [0.1, 0.15) is 0 Å². The first-order valence-corrected chi connectivity index (χ1v) is 8.99. The number of nitrogens with zero attached hydrogens (tertiary/aromatic N) is 1. The summed E-state index contributed by atoms with van der Waals surface area (Å²) in [6.07, 6.45) is 6.27. The van der Waals surface area contributed by atoms with Gasteiger partial charge < -0.3 is 5.32 Å². The molecule has 1 aromatic carbocycles. The third kappa shape index (κ3) is 2.69. The summed E-state index contributed by atoms with van der Waals surface area (Å²) >= 11 is 0. The average Bonchev–Trinajstić information content (AvgIpc) is 2.76. The molecule has 2 aliphatic rings. The molecule has 20 heavy (non-hydrogen) atoms. The van der Waals surface area contributed by atoms with E-state index in [1.807, 2.05) is 12.1 Å². The Morgan fingerprint density at radius 2 is 1.75 bits per heavy atom. The highest BCUT2D eigenvalue weighted by atomic mass is 32.2. The summed E-state index contributed by atoms with van der Waals surface area (Å²) in [7, 11) is -3.31. The van der Waals surface area contributed by atoms with E-state index < -0.39 is 10.0 Å². The Morgan fingerprint density at radius 1 is 1.00 bits per heavy atom. The van der Waals surface area contributed by atoms with E-state index in [-0.39, 0.29) is 0 Å². The molecule has 4 nitrogen and oxygen atoms in total. The molecule has 1 saturated heterocycles. The Kier molecular flexibility index (Phi) is 3.98. The number of aryl methyl sites for hydroxylation is 1. The number of fused-ring (bicyclic) bond motifs is 1. The van der Waals surface area contributed by atoms with Crippen molar-refractivity contribution in [2.45, 2.75) is 43.4 Å². The van der Waals surface area contributed by atoms with Gasteiger partial charge in [0.15, 0.2) is 0 Å². The van der Waals surface area contributed by atoms with Crippen LogP contribution in [0.3, 0.4) is 0 Å². The van der Waals surface area contributed by atoms with E-state index in [0.29, 0.717) is 18.0 Å². The molecule has 0 saturated carbocycles. The number of nitrogens with one attached hydrogen (secondary N) is 1. The minimum absolute atomic E-state index is 0.460. The van der Waals surface area contributed by atoms with Crippen molar-refractivity contribution in [3.63, 3.8) is 0 Å². The quantitative estimate of drug-likeness (QED) is 0.912. The van der Waals surface area contributed by atoms with E-state index in [4.69, 9.17) is 0 Å². The molecule has 5 heteroatoms. The molecule has 0 aromatic heterocycles. The van der Waals surface area contributed by atoms with Gasteiger partial charge in [0.05, 0.1) is 4.90 Å².